The summed E-state index contributed by atoms with van der Waals surface area (Å²) in [6, 6.07) is 11.1. The zero-order chi connectivity index (χ0) is 21.8. The van der Waals surface area contributed by atoms with Crippen LogP contribution in [0.3, 0.4) is 0 Å². The fraction of sp³-hybridized carbons (Fsp3) is 0.435. The number of furan rings is 1. The van der Waals surface area contributed by atoms with Gasteiger partial charge >= 0.3 is 0 Å². The summed E-state index contributed by atoms with van der Waals surface area (Å²) in [6.07, 6.45) is 4.15. The third-order valence-electron chi connectivity index (χ3n) is 5.59. The Morgan fingerprint density at radius 3 is 2.55 bits per heavy atom. The van der Waals surface area contributed by atoms with Crippen LogP contribution >= 0.6 is 11.8 Å². The van der Waals surface area contributed by atoms with Gasteiger partial charge in [0.15, 0.2) is 5.25 Å². The van der Waals surface area contributed by atoms with Crippen LogP contribution in [-0.2, 0) is 20.9 Å². The van der Waals surface area contributed by atoms with Gasteiger partial charge in [-0.25, -0.2) is 0 Å². The summed E-state index contributed by atoms with van der Waals surface area (Å²) in [5.74, 6) is 0.646. The number of carbonyl (C=O) groups excluding carboxylic acids is 3. The van der Waals surface area contributed by atoms with E-state index < -0.39 is 5.25 Å². The fourth-order valence-electron chi connectivity index (χ4n) is 3.96. The van der Waals surface area contributed by atoms with Crippen molar-refractivity contribution in [3.8, 4) is 0 Å². The second-order valence-corrected chi connectivity index (χ2v) is 9.07. The van der Waals surface area contributed by atoms with Gasteiger partial charge in [0, 0.05) is 18.0 Å². The Labute approximate surface area is 186 Å². The quantitative estimate of drug-likeness (QED) is 0.721. The molecule has 0 aliphatic carbocycles. The first-order valence-corrected chi connectivity index (χ1v) is 11.6. The maximum Gasteiger partial charge on any atom is 0.250 e. The van der Waals surface area contributed by atoms with Crippen molar-refractivity contribution in [2.24, 2.45) is 0 Å². The number of nitrogens with one attached hydrogen (secondary N) is 1. The Morgan fingerprint density at radius 2 is 1.84 bits per heavy atom. The second-order valence-electron chi connectivity index (χ2n) is 7.92. The Hall–Kier alpha value is -2.74. The van der Waals surface area contributed by atoms with E-state index in [1.807, 2.05) is 48.2 Å². The van der Waals surface area contributed by atoms with E-state index in [1.165, 1.54) is 16.7 Å². The van der Waals surface area contributed by atoms with Gasteiger partial charge in [-0.1, -0.05) is 25.0 Å². The van der Waals surface area contributed by atoms with E-state index in [0.717, 1.165) is 36.3 Å². The highest BCUT2D eigenvalue weighted by Crippen LogP contribution is 2.39. The van der Waals surface area contributed by atoms with E-state index in [0.29, 0.717) is 24.5 Å². The molecule has 1 N–H and O–H groups in total. The van der Waals surface area contributed by atoms with E-state index in [4.69, 9.17) is 4.42 Å². The molecule has 3 heterocycles. The molecule has 164 valence electrons. The van der Waals surface area contributed by atoms with E-state index in [-0.39, 0.29) is 30.8 Å². The van der Waals surface area contributed by atoms with Crippen LogP contribution in [0.25, 0.3) is 0 Å². The Bertz CT molecular complexity index is 965. The Morgan fingerprint density at radius 1 is 1.10 bits per heavy atom. The Kier molecular flexibility index (Phi) is 6.65. The fourth-order valence-corrected chi connectivity index (χ4v) is 5.15. The van der Waals surface area contributed by atoms with Crippen molar-refractivity contribution in [2.45, 2.75) is 49.3 Å². The highest BCUT2D eigenvalue weighted by Gasteiger charge is 2.40. The molecule has 4 rings (SSSR count). The molecule has 8 heteroatoms. The summed E-state index contributed by atoms with van der Waals surface area (Å²) in [7, 11) is 0. The lowest BCUT2D eigenvalue weighted by atomic mass is 10.2. The first-order chi connectivity index (χ1) is 15.0. The van der Waals surface area contributed by atoms with Crippen LogP contribution < -0.4 is 10.2 Å². The number of fused-ring (bicyclic) bond motifs is 1. The van der Waals surface area contributed by atoms with Crippen molar-refractivity contribution in [1.82, 2.24) is 10.2 Å². The maximum atomic E-state index is 13.3. The average Bonchev–Trinajstić information content (AvgIpc) is 3.01. The number of anilines is 1. The van der Waals surface area contributed by atoms with Gasteiger partial charge in [0.1, 0.15) is 18.1 Å². The topological polar surface area (TPSA) is 82.9 Å². The molecule has 0 unspecified atom stereocenters. The number of aryl methyl sites for hydroxylation is 1. The SMILES string of the molecule is Cc1ccc(CNC(=O)CN2C(=O)[C@H](C(=O)N3CCCCCC3)Sc3ccccc32)o1. The number of nitrogens with zero attached hydrogens (tertiary/aromatic N) is 2. The molecule has 0 bridgehead atoms. The molecule has 3 amide bonds. The van der Waals surface area contributed by atoms with E-state index in [1.54, 1.807) is 0 Å². The van der Waals surface area contributed by atoms with Crippen molar-refractivity contribution < 1.29 is 18.8 Å². The molecule has 1 saturated heterocycles. The lowest BCUT2D eigenvalue weighted by Gasteiger charge is -2.34. The summed E-state index contributed by atoms with van der Waals surface area (Å²) in [5.41, 5.74) is 0.668. The van der Waals surface area contributed by atoms with Crippen LogP contribution in [0.4, 0.5) is 5.69 Å². The van der Waals surface area contributed by atoms with Crippen molar-refractivity contribution in [3.05, 3.63) is 47.9 Å². The zero-order valence-corrected chi connectivity index (χ0v) is 18.5. The van der Waals surface area contributed by atoms with Crippen LogP contribution in [0.5, 0.6) is 0 Å². The van der Waals surface area contributed by atoms with Gasteiger partial charge in [-0.2, -0.15) is 0 Å². The van der Waals surface area contributed by atoms with Gasteiger partial charge in [-0.3, -0.25) is 14.4 Å². The van der Waals surface area contributed by atoms with Crippen LogP contribution in [0, 0.1) is 6.92 Å². The highest BCUT2D eigenvalue weighted by molar-refractivity contribution is 8.01. The van der Waals surface area contributed by atoms with Gasteiger partial charge < -0.3 is 19.5 Å². The molecule has 0 saturated carbocycles. The number of carbonyl (C=O) groups is 3. The average molecular weight is 442 g/mol. The van der Waals surface area contributed by atoms with Crippen LogP contribution in [0.15, 0.2) is 45.7 Å². The van der Waals surface area contributed by atoms with Gasteiger partial charge in [0.2, 0.25) is 11.8 Å². The van der Waals surface area contributed by atoms with Crippen molar-refractivity contribution in [2.75, 3.05) is 24.5 Å². The van der Waals surface area contributed by atoms with Gasteiger partial charge in [-0.05, 0) is 44.0 Å². The van der Waals surface area contributed by atoms with Crippen LogP contribution in [0.2, 0.25) is 0 Å². The summed E-state index contributed by atoms with van der Waals surface area (Å²) in [4.78, 5) is 43.3. The standard InChI is InChI=1S/C23H27N3O4S/c1-16-10-11-17(30-16)14-24-20(27)15-26-18-8-4-5-9-19(18)31-21(23(26)29)22(28)25-12-6-2-3-7-13-25/h4-5,8-11,21H,2-3,6-7,12-15H2,1H3,(H,24,27)/t21-/m0/s1. The summed E-state index contributed by atoms with van der Waals surface area (Å²) in [6.45, 7) is 3.33. The summed E-state index contributed by atoms with van der Waals surface area (Å²) >= 11 is 1.29. The molecule has 1 aromatic heterocycles. The van der Waals surface area contributed by atoms with Gasteiger partial charge in [0.25, 0.3) is 5.91 Å². The van der Waals surface area contributed by atoms with Crippen LogP contribution in [0.1, 0.15) is 37.2 Å². The molecule has 0 radical (unpaired) electrons. The highest BCUT2D eigenvalue weighted by atomic mass is 32.2. The third-order valence-corrected chi connectivity index (χ3v) is 6.83. The summed E-state index contributed by atoms with van der Waals surface area (Å²) < 4.78 is 5.48. The number of para-hydroxylation sites is 1. The number of hydrogen-bond donors (Lipinski definition) is 1. The zero-order valence-electron chi connectivity index (χ0n) is 17.6. The molecule has 1 fully saturated rings. The lowest BCUT2D eigenvalue weighted by molar-refractivity contribution is -0.135. The molecule has 2 aliphatic rings. The van der Waals surface area contributed by atoms with Crippen LogP contribution in [-0.4, -0.2) is 47.5 Å². The third kappa shape index (κ3) is 4.95. The summed E-state index contributed by atoms with van der Waals surface area (Å²) in [5, 5.41) is 1.94. The minimum Gasteiger partial charge on any atom is -0.465 e. The van der Waals surface area contributed by atoms with Crippen molar-refractivity contribution in [3.63, 3.8) is 0 Å². The molecule has 7 nitrogen and oxygen atoms in total. The number of likely N-dealkylation sites (tertiary alicyclic amines) is 1. The number of benzene rings is 1. The monoisotopic (exact) mass is 441 g/mol. The van der Waals surface area contributed by atoms with Gasteiger partial charge in [-0.15, -0.1) is 11.8 Å². The second kappa shape index (κ2) is 9.60. The first kappa shape index (κ1) is 21.5. The van der Waals surface area contributed by atoms with Crippen molar-refractivity contribution >= 4 is 35.2 Å². The predicted octanol–water partition coefficient (Wildman–Crippen LogP) is 3.11. The van der Waals surface area contributed by atoms with Gasteiger partial charge in [0.05, 0.1) is 12.2 Å². The van der Waals surface area contributed by atoms with E-state index in [9.17, 15) is 14.4 Å². The number of hydrogen-bond acceptors (Lipinski definition) is 5. The number of rotatable bonds is 5. The largest absolute Gasteiger partial charge is 0.465 e. The first-order valence-electron chi connectivity index (χ1n) is 10.7. The minimum absolute atomic E-state index is 0.139. The number of amides is 3. The Balaban J connectivity index is 1.49. The molecular formula is C23H27N3O4S. The minimum atomic E-state index is -0.853. The number of thioether (sulfide) groups is 1. The normalized spacial score (nSPS) is 19.0. The molecule has 1 aromatic carbocycles. The molecule has 31 heavy (non-hydrogen) atoms. The smallest absolute Gasteiger partial charge is 0.250 e. The molecule has 1 atom stereocenters. The molecule has 0 spiro atoms. The lowest BCUT2D eigenvalue weighted by Crippen LogP contribution is -2.52. The molecule has 2 aliphatic heterocycles. The maximum absolute atomic E-state index is 13.3. The van der Waals surface area contributed by atoms with E-state index in [2.05, 4.69) is 5.32 Å². The molecular weight excluding hydrogens is 414 g/mol. The molecule has 2 aromatic rings. The van der Waals surface area contributed by atoms with E-state index >= 15 is 0 Å². The van der Waals surface area contributed by atoms with Crippen molar-refractivity contribution in [1.29, 1.82) is 0 Å². The predicted molar refractivity (Wildman–Crippen MR) is 119 cm³/mol.